The van der Waals surface area contributed by atoms with Gasteiger partial charge in [0.15, 0.2) is 5.34 Å². The number of aliphatic hydroxyl groups excluding tert-OH is 2. The van der Waals surface area contributed by atoms with Crippen LogP contribution in [0.1, 0.15) is 63.7 Å². The fourth-order valence-corrected chi connectivity index (χ4v) is 6.53. The van der Waals surface area contributed by atoms with Gasteiger partial charge in [0.25, 0.3) is 5.56 Å². The monoisotopic (exact) mass is 532 g/mol. The normalized spacial score (nSPS) is 30.0. The maximum absolute atomic E-state index is 14.7. The van der Waals surface area contributed by atoms with Gasteiger partial charge in [-0.2, -0.15) is 4.39 Å². The van der Waals surface area contributed by atoms with Gasteiger partial charge in [-0.25, -0.2) is 9.37 Å². The zero-order valence-electron chi connectivity index (χ0n) is 20.5. The molecule has 0 saturated carbocycles. The van der Waals surface area contributed by atoms with E-state index < -0.39 is 60.3 Å². The van der Waals surface area contributed by atoms with Crippen LogP contribution in [0.4, 0.5) is 8.78 Å². The van der Waals surface area contributed by atoms with Gasteiger partial charge in [0.05, 0.1) is 23.7 Å². The second-order valence-electron chi connectivity index (χ2n) is 9.53. The summed E-state index contributed by atoms with van der Waals surface area (Å²) in [6.07, 6.45) is -4.65. The van der Waals surface area contributed by atoms with Crippen molar-refractivity contribution in [2.24, 2.45) is 0 Å². The number of nitrogens with one attached hydrogen (secondary N) is 1. The minimum atomic E-state index is -4.21. The Balaban J connectivity index is 1.63. The summed E-state index contributed by atoms with van der Waals surface area (Å²) in [5, 5.41) is 20.1. The van der Waals surface area contributed by atoms with E-state index in [9.17, 15) is 33.2 Å². The van der Waals surface area contributed by atoms with Crippen LogP contribution in [0.15, 0.2) is 10.9 Å². The number of aromatic amines is 1. The maximum Gasteiger partial charge on any atom is 0.362 e. The number of aromatic nitrogens is 2. The van der Waals surface area contributed by atoms with Gasteiger partial charge in [-0.05, 0) is 32.3 Å². The maximum atomic E-state index is 14.7. The van der Waals surface area contributed by atoms with E-state index in [2.05, 4.69) is 9.97 Å². The summed E-state index contributed by atoms with van der Waals surface area (Å²) >= 11 is 0. The summed E-state index contributed by atoms with van der Waals surface area (Å²) in [4.78, 5) is 29.2. The molecule has 200 valence electrons. The number of H-pyrrole nitrogens is 1. The molecule has 0 radical (unpaired) electrons. The molecule has 0 aliphatic carbocycles. The van der Waals surface area contributed by atoms with Crippen molar-refractivity contribution in [1.82, 2.24) is 9.97 Å². The number of aliphatic hydroxyl groups is 2. The number of halogens is 2. The van der Waals surface area contributed by atoms with Crippen LogP contribution in [0.5, 0.6) is 0 Å². The number of epoxide rings is 1. The molecule has 2 aliphatic heterocycles. The van der Waals surface area contributed by atoms with Gasteiger partial charge in [0.2, 0.25) is 5.95 Å². The standard InChI is InChI=1S/C23H31F2N2O8P/c1-5-22(6-2,35-36(31,32)23(7-3)10-33-23)9-14-16(28)17(29)18(34-14)13-8-12-15(24)11(4)19(25)26-20(12)27-21(13)30/h8,14,16-18,28-29H,5-7,9-10H2,1-4H3,(H,31,32)(H,26,27,30). The first-order valence-electron chi connectivity index (χ1n) is 11.9. The predicted molar refractivity (Wildman–Crippen MR) is 124 cm³/mol. The fraction of sp³-hybridized carbons (Fsp3) is 0.652. The van der Waals surface area contributed by atoms with Crippen molar-refractivity contribution in [3.8, 4) is 0 Å². The Morgan fingerprint density at radius 3 is 2.47 bits per heavy atom. The van der Waals surface area contributed by atoms with Crippen LogP contribution in [0.3, 0.4) is 0 Å². The highest BCUT2D eigenvalue weighted by Crippen LogP contribution is 2.67. The molecule has 0 aromatic carbocycles. The van der Waals surface area contributed by atoms with Crippen LogP contribution >= 0.6 is 7.60 Å². The topological polar surface area (TPSA) is 154 Å². The van der Waals surface area contributed by atoms with Crippen LogP contribution in [0.2, 0.25) is 0 Å². The second kappa shape index (κ2) is 9.50. The largest absolute Gasteiger partial charge is 0.388 e. The molecule has 10 nitrogen and oxygen atoms in total. The van der Waals surface area contributed by atoms with E-state index in [1.807, 2.05) is 0 Å². The first-order chi connectivity index (χ1) is 16.8. The number of ether oxygens (including phenoxy) is 2. The Morgan fingerprint density at radius 2 is 1.92 bits per heavy atom. The van der Waals surface area contributed by atoms with Crippen molar-refractivity contribution in [3.05, 3.63) is 39.3 Å². The Labute approximate surface area is 206 Å². The molecule has 2 aromatic rings. The van der Waals surface area contributed by atoms with Gasteiger partial charge in [-0.15, -0.1) is 0 Å². The van der Waals surface area contributed by atoms with Crippen LogP contribution in [-0.4, -0.2) is 60.9 Å². The van der Waals surface area contributed by atoms with E-state index in [4.69, 9.17) is 14.0 Å². The third-order valence-corrected chi connectivity index (χ3v) is 9.77. The van der Waals surface area contributed by atoms with Gasteiger partial charge in [0.1, 0.15) is 29.8 Å². The molecule has 13 heteroatoms. The summed E-state index contributed by atoms with van der Waals surface area (Å²) in [5.41, 5.74) is -2.80. The van der Waals surface area contributed by atoms with Crippen molar-refractivity contribution < 1.29 is 42.4 Å². The quantitative estimate of drug-likeness (QED) is 0.217. The number of rotatable bonds is 9. The van der Waals surface area contributed by atoms with E-state index in [1.165, 1.54) is 6.92 Å². The lowest BCUT2D eigenvalue weighted by molar-refractivity contribution is -0.0570. The molecule has 36 heavy (non-hydrogen) atoms. The Hall–Kier alpha value is -1.79. The molecule has 4 rings (SSSR count). The summed E-state index contributed by atoms with van der Waals surface area (Å²) < 4.78 is 58.5. The van der Waals surface area contributed by atoms with E-state index in [-0.39, 0.29) is 41.6 Å². The first kappa shape index (κ1) is 27.3. The van der Waals surface area contributed by atoms with E-state index >= 15 is 0 Å². The fourth-order valence-electron chi connectivity index (χ4n) is 4.72. The number of nitrogens with zero attached hydrogens (tertiary/aromatic N) is 1. The molecule has 0 spiro atoms. The lowest BCUT2D eigenvalue weighted by atomic mass is 9.88. The number of fused-ring (bicyclic) bond motifs is 1. The molecule has 0 amide bonds. The lowest BCUT2D eigenvalue weighted by Gasteiger charge is -2.37. The zero-order chi connectivity index (χ0) is 26.6. The zero-order valence-corrected chi connectivity index (χ0v) is 21.3. The Kier molecular flexibility index (Phi) is 7.19. The highest BCUT2D eigenvalue weighted by Gasteiger charge is 2.62. The second-order valence-corrected chi connectivity index (χ2v) is 11.6. The number of hydrogen-bond acceptors (Lipinski definition) is 8. The molecule has 2 saturated heterocycles. The van der Waals surface area contributed by atoms with Crippen molar-refractivity contribution in [3.63, 3.8) is 0 Å². The number of pyridine rings is 2. The first-order valence-corrected chi connectivity index (χ1v) is 13.5. The summed E-state index contributed by atoms with van der Waals surface area (Å²) in [7, 11) is -4.21. The minimum Gasteiger partial charge on any atom is -0.388 e. The van der Waals surface area contributed by atoms with Crippen LogP contribution in [-0.2, 0) is 18.6 Å². The van der Waals surface area contributed by atoms with Crippen molar-refractivity contribution in [2.75, 3.05) is 6.61 Å². The van der Waals surface area contributed by atoms with Gasteiger partial charge >= 0.3 is 7.60 Å². The van der Waals surface area contributed by atoms with E-state index in [0.717, 1.165) is 6.07 Å². The van der Waals surface area contributed by atoms with Gasteiger partial charge in [-0.3, -0.25) is 13.9 Å². The molecule has 4 N–H and O–H groups in total. The molecule has 6 unspecified atom stereocenters. The summed E-state index contributed by atoms with van der Waals surface area (Å²) in [5.74, 6) is -1.98. The molecular formula is C23H31F2N2O8P. The molecule has 2 aliphatic rings. The van der Waals surface area contributed by atoms with Crippen molar-refractivity contribution >= 4 is 18.6 Å². The predicted octanol–water partition coefficient (Wildman–Crippen LogP) is 2.96. The van der Waals surface area contributed by atoms with Crippen LogP contribution < -0.4 is 5.56 Å². The molecule has 0 bridgehead atoms. The Morgan fingerprint density at radius 1 is 1.28 bits per heavy atom. The van der Waals surface area contributed by atoms with Gasteiger partial charge in [-0.1, -0.05) is 20.8 Å². The summed E-state index contributed by atoms with van der Waals surface area (Å²) in [6, 6.07) is 1.12. The average molecular weight is 532 g/mol. The molecule has 4 heterocycles. The average Bonchev–Trinajstić information content (AvgIpc) is 3.61. The van der Waals surface area contributed by atoms with E-state index in [0.29, 0.717) is 12.8 Å². The van der Waals surface area contributed by atoms with Crippen molar-refractivity contribution in [1.29, 1.82) is 0 Å². The van der Waals surface area contributed by atoms with Crippen LogP contribution in [0.25, 0.3) is 11.0 Å². The highest BCUT2D eigenvalue weighted by molar-refractivity contribution is 7.54. The number of hydrogen-bond donors (Lipinski definition) is 4. The van der Waals surface area contributed by atoms with Gasteiger partial charge in [0, 0.05) is 17.5 Å². The third-order valence-electron chi connectivity index (χ3n) is 7.53. The molecular weight excluding hydrogens is 501 g/mol. The lowest BCUT2D eigenvalue weighted by Crippen LogP contribution is -2.40. The molecule has 2 aromatic heterocycles. The van der Waals surface area contributed by atoms with Gasteiger partial charge < -0.3 is 29.6 Å². The minimum absolute atomic E-state index is 0.0647. The molecule has 6 atom stereocenters. The molecule has 2 fully saturated rings. The highest BCUT2D eigenvalue weighted by atomic mass is 31.2. The smallest absolute Gasteiger partial charge is 0.362 e. The van der Waals surface area contributed by atoms with Crippen LogP contribution in [0, 0.1) is 18.7 Å². The SMILES string of the molecule is CCC(CC)(CC1OC(c2cc3c(F)c(C)c(F)nc3[nH]c2=O)C(O)C1O)OP(=O)(O)C1(CC)CO1. The third kappa shape index (κ3) is 4.42. The summed E-state index contributed by atoms with van der Waals surface area (Å²) in [6.45, 7) is 6.54. The Bertz CT molecular complexity index is 1260. The van der Waals surface area contributed by atoms with Crippen molar-refractivity contribution in [2.45, 2.75) is 88.7 Å². The van der Waals surface area contributed by atoms with E-state index in [1.54, 1.807) is 20.8 Å².